The molecule has 0 unspecified atom stereocenters. The van der Waals surface area contributed by atoms with E-state index in [1.165, 1.54) is 13.1 Å². The Kier molecular flexibility index (Phi) is 4.77. The van der Waals surface area contributed by atoms with Crippen LogP contribution in [0.4, 0.5) is 24.7 Å². The Morgan fingerprint density at radius 2 is 1.96 bits per heavy atom. The zero-order valence-electron chi connectivity index (χ0n) is 13.2. The summed E-state index contributed by atoms with van der Waals surface area (Å²) in [6.45, 7) is 5.96. The van der Waals surface area contributed by atoms with Crippen molar-refractivity contribution in [1.29, 1.82) is 0 Å². The second-order valence-electron chi connectivity index (χ2n) is 4.93. The first-order valence-corrected chi connectivity index (χ1v) is 7.40. The second-order valence-corrected chi connectivity index (χ2v) is 4.93. The van der Waals surface area contributed by atoms with E-state index in [4.69, 9.17) is 0 Å². The van der Waals surface area contributed by atoms with Crippen molar-refractivity contribution in [3.8, 4) is 0 Å². The Hall–Kier alpha value is -2.31. The van der Waals surface area contributed by atoms with E-state index in [2.05, 4.69) is 9.97 Å². The predicted molar refractivity (Wildman–Crippen MR) is 83.1 cm³/mol. The lowest BCUT2D eigenvalue weighted by molar-refractivity contribution is -0.137. The van der Waals surface area contributed by atoms with Crippen molar-refractivity contribution in [2.45, 2.75) is 33.4 Å². The van der Waals surface area contributed by atoms with Gasteiger partial charge in [-0.1, -0.05) is 13.8 Å². The summed E-state index contributed by atoms with van der Waals surface area (Å²) >= 11 is 0. The van der Waals surface area contributed by atoms with Gasteiger partial charge in [0, 0.05) is 24.0 Å². The largest absolute Gasteiger partial charge is 0.416 e. The fraction of sp³-hybridized carbons (Fsp3) is 0.375. The van der Waals surface area contributed by atoms with Crippen LogP contribution in [0, 0.1) is 6.92 Å². The highest BCUT2D eigenvalue weighted by molar-refractivity contribution is 5.67. The Labute approximate surface area is 132 Å². The van der Waals surface area contributed by atoms with Gasteiger partial charge in [0.1, 0.15) is 5.82 Å². The standard InChI is InChI=1S/C14H12F3N3O.C2H6/c1-8-6-9(14(15,16)17)7-12(19-8)20-5-3-10-11(20)2-4-18-13(10)21;1-2/h2,4,6-7H,3,5H2,1H3,(H,18,21);1-2H3. The number of nitrogens with one attached hydrogen (secondary N) is 1. The summed E-state index contributed by atoms with van der Waals surface area (Å²) in [7, 11) is 0. The molecule has 1 aliphatic rings. The van der Waals surface area contributed by atoms with Crippen LogP contribution >= 0.6 is 0 Å². The van der Waals surface area contributed by atoms with Crippen molar-refractivity contribution in [2.24, 2.45) is 0 Å². The van der Waals surface area contributed by atoms with E-state index in [9.17, 15) is 18.0 Å². The van der Waals surface area contributed by atoms with Gasteiger partial charge in [-0.25, -0.2) is 4.98 Å². The number of hydrogen-bond donors (Lipinski definition) is 1. The van der Waals surface area contributed by atoms with Gasteiger partial charge in [0.15, 0.2) is 0 Å². The van der Waals surface area contributed by atoms with Crippen molar-refractivity contribution in [1.82, 2.24) is 9.97 Å². The van der Waals surface area contributed by atoms with E-state index in [0.717, 1.165) is 12.1 Å². The number of fused-ring (bicyclic) bond motifs is 1. The summed E-state index contributed by atoms with van der Waals surface area (Å²) in [6.07, 6.45) is -2.44. The molecule has 0 aromatic carbocycles. The van der Waals surface area contributed by atoms with Crippen molar-refractivity contribution in [3.05, 3.63) is 51.6 Å². The number of alkyl halides is 3. The molecule has 2 aromatic heterocycles. The van der Waals surface area contributed by atoms with Gasteiger partial charge in [0.2, 0.25) is 0 Å². The number of aromatic nitrogens is 2. The van der Waals surface area contributed by atoms with E-state index >= 15 is 0 Å². The first kappa shape index (κ1) is 17.1. The maximum Gasteiger partial charge on any atom is 0.416 e. The summed E-state index contributed by atoms with van der Waals surface area (Å²) in [6, 6.07) is 3.71. The number of H-pyrrole nitrogens is 1. The number of anilines is 2. The third-order valence-corrected chi connectivity index (χ3v) is 3.46. The highest BCUT2D eigenvalue weighted by Gasteiger charge is 2.33. The zero-order chi connectivity index (χ0) is 17.2. The van der Waals surface area contributed by atoms with Gasteiger partial charge in [-0.05, 0) is 31.5 Å². The number of aromatic amines is 1. The molecule has 1 N–H and O–H groups in total. The van der Waals surface area contributed by atoms with Crippen LogP contribution < -0.4 is 10.5 Å². The first-order valence-electron chi connectivity index (χ1n) is 7.40. The van der Waals surface area contributed by atoms with E-state index in [0.29, 0.717) is 24.2 Å². The minimum atomic E-state index is -4.42. The number of halogens is 3. The fourth-order valence-electron chi connectivity index (χ4n) is 2.53. The Morgan fingerprint density at radius 1 is 1.26 bits per heavy atom. The molecule has 0 saturated carbocycles. The number of hydrogen-bond acceptors (Lipinski definition) is 3. The molecule has 3 rings (SSSR count). The maximum atomic E-state index is 12.9. The van der Waals surface area contributed by atoms with Crippen LogP contribution in [0.25, 0.3) is 0 Å². The smallest absolute Gasteiger partial charge is 0.329 e. The Morgan fingerprint density at radius 3 is 2.61 bits per heavy atom. The number of aryl methyl sites for hydroxylation is 1. The van der Waals surface area contributed by atoms with Gasteiger partial charge in [-0.2, -0.15) is 13.2 Å². The monoisotopic (exact) mass is 325 g/mol. The van der Waals surface area contributed by atoms with Crippen LogP contribution in [0.2, 0.25) is 0 Å². The van der Waals surface area contributed by atoms with Crippen molar-refractivity contribution in [3.63, 3.8) is 0 Å². The molecular weight excluding hydrogens is 307 g/mol. The van der Waals surface area contributed by atoms with Gasteiger partial charge in [-0.3, -0.25) is 4.79 Å². The topological polar surface area (TPSA) is 49.0 Å². The molecule has 7 heteroatoms. The quantitative estimate of drug-likeness (QED) is 0.867. The van der Waals surface area contributed by atoms with Gasteiger partial charge >= 0.3 is 6.18 Å². The van der Waals surface area contributed by atoms with Crippen LogP contribution in [0.1, 0.15) is 30.7 Å². The minimum absolute atomic E-state index is 0.210. The Bertz CT molecular complexity index is 753. The highest BCUT2D eigenvalue weighted by atomic mass is 19.4. The van der Waals surface area contributed by atoms with Crippen LogP contribution in [0.15, 0.2) is 29.2 Å². The van der Waals surface area contributed by atoms with Gasteiger partial charge in [0.25, 0.3) is 5.56 Å². The summed E-state index contributed by atoms with van der Waals surface area (Å²) in [5.41, 5.74) is 0.541. The molecule has 23 heavy (non-hydrogen) atoms. The number of nitrogens with zero attached hydrogens (tertiary/aromatic N) is 2. The maximum absolute atomic E-state index is 12.9. The summed E-state index contributed by atoms with van der Waals surface area (Å²) < 4.78 is 38.7. The van der Waals surface area contributed by atoms with E-state index in [1.54, 1.807) is 11.0 Å². The van der Waals surface area contributed by atoms with Gasteiger partial charge < -0.3 is 9.88 Å². The lowest BCUT2D eigenvalue weighted by Gasteiger charge is -2.20. The van der Waals surface area contributed by atoms with E-state index in [-0.39, 0.29) is 17.1 Å². The van der Waals surface area contributed by atoms with Crippen LogP contribution in [0.5, 0.6) is 0 Å². The summed E-state index contributed by atoms with van der Waals surface area (Å²) in [5.74, 6) is 0.215. The van der Waals surface area contributed by atoms with Gasteiger partial charge in [-0.15, -0.1) is 0 Å². The number of pyridine rings is 2. The first-order chi connectivity index (χ1) is 10.9. The molecular formula is C16H18F3N3O. The fourth-order valence-corrected chi connectivity index (χ4v) is 2.53. The lowest BCUT2D eigenvalue weighted by Crippen LogP contribution is -2.17. The highest BCUT2D eigenvalue weighted by Crippen LogP contribution is 2.35. The zero-order valence-corrected chi connectivity index (χ0v) is 13.2. The van der Waals surface area contributed by atoms with Crippen molar-refractivity contribution >= 4 is 11.5 Å². The molecule has 1 aliphatic heterocycles. The summed E-state index contributed by atoms with van der Waals surface area (Å²) in [5, 5.41) is 0. The molecule has 0 fully saturated rings. The molecule has 0 spiro atoms. The molecule has 0 amide bonds. The molecule has 2 aromatic rings. The average molecular weight is 325 g/mol. The van der Waals surface area contributed by atoms with Crippen LogP contribution in [-0.2, 0) is 12.6 Å². The normalized spacial score (nSPS) is 13.4. The molecule has 4 nitrogen and oxygen atoms in total. The molecule has 0 aliphatic carbocycles. The SMILES string of the molecule is CC.Cc1cc(C(F)(F)F)cc(N2CCc3c2cc[nH]c3=O)n1. The molecule has 3 heterocycles. The lowest BCUT2D eigenvalue weighted by atomic mass is 10.2. The number of rotatable bonds is 1. The molecule has 0 atom stereocenters. The second kappa shape index (κ2) is 6.44. The Balaban J connectivity index is 0.000000924. The van der Waals surface area contributed by atoms with Crippen LogP contribution in [0.3, 0.4) is 0 Å². The molecule has 0 radical (unpaired) electrons. The molecule has 0 bridgehead atoms. The minimum Gasteiger partial charge on any atom is -0.329 e. The van der Waals surface area contributed by atoms with Crippen molar-refractivity contribution < 1.29 is 13.2 Å². The van der Waals surface area contributed by atoms with E-state index in [1.807, 2.05) is 13.8 Å². The third kappa shape index (κ3) is 3.38. The van der Waals surface area contributed by atoms with Crippen LogP contribution in [-0.4, -0.2) is 16.5 Å². The van der Waals surface area contributed by atoms with E-state index < -0.39 is 11.7 Å². The third-order valence-electron chi connectivity index (χ3n) is 3.46. The average Bonchev–Trinajstić information content (AvgIpc) is 2.93. The predicted octanol–water partition coefficient (Wildman–Crippen LogP) is 3.82. The van der Waals surface area contributed by atoms with Crippen molar-refractivity contribution in [2.75, 3.05) is 11.4 Å². The van der Waals surface area contributed by atoms with Gasteiger partial charge in [0.05, 0.1) is 11.3 Å². The molecule has 124 valence electrons. The molecule has 0 saturated heterocycles. The summed E-state index contributed by atoms with van der Waals surface area (Å²) in [4.78, 5) is 20.1.